The second kappa shape index (κ2) is 9.09. The van der Waals surface area contributed by atoms with Crippen LogP contribution in [0.15, 0.2) is 42.7 Å². The van der Waals surface area contributed by atoms with Gasteiger partial charge in [-0.1, -0.05) is 17.7 Å². The number of nitrogens with zero attached hydrogens (tertiary/aromatic N) is 5. The summed E-state index contributed by atoms with van der Waals surface area (Å²) in [6, 6.07) is 9.55. The van der Waals surface area contributed by atoms with Crippen LogP contribution in [0.3, 0.4) is 0 Å². The lowest BCUT2D eigenvalue weighted by Crippen LogP contribution is -2.53. The smallest absolute Gasteiger partial charge is 0.253 e. The van der Waals surface area contributed by atoms with E-state index in [1.807, 2.05) is 41.0 Å². The third kappa shape index (κ3) is 4.19. The molecule has 1 aromatic heterocycles. The van der Waals surface area contributed by atoms with Crippen molar-refractivity contribution in [3.63, 3.8) is 0 Å². The number of amides is 2. The summed E-state index contributed by atoms with van der Waals surface area (Å²) >= 11 is 0. The number of rotatable bonds is 3. The van der Waals surface area contributed by atoms with E-state index in [9.17, 15) is 9.59 Å². The molecule has 8 nitrogen and oxygen atoms in total. The number of anilines is 1. The van der Waals surface area contributed by atoms with Crippen LogP contribution in [0.2, 0.25) is 0 Å². The van der Waals surface area contributed by atoms with Crippen LogP contribution in [0.1, 0.15) is 28.8 Å². The van der Waals surface area contributed by atoms with Crippen molar-refractivity contribution >= 4 is 17.8 Å². The second-order valence-electron chi connectivity index (χ2n) is 9.41. The molecule has 1 aromatic carbocycles. The number of fused-ring (bicyclic) bond motifs is 1. The number of carbonyl (C=O) groups excluding carboxylic acids is 2. The van der Waals surface area contributed by atoms with Crippen LogP contribution in [0.5, 0.6) is 0 Å². The first-order chi connectivity index (χ1) is 16.1. The molecule has 174 valence electrons. The standard InChI is InChI=1S/C25H31N5O3/c1-19-5-2-6-20(15-19)22(31)29-10-3-7-25(23(32)28-11-13-33-14-12-28)18-30(17-21(25)16-29)24-26-8-4-9-27-24/h2,4-6,8-9,15,21H,3,7,10-14,16-18H2,1H3/t21-,25-/m0/s1. The van der Waals surface area contributed by atoms with Crippen molar-refractivity contribution in [3.8, 4) is 0 Å². The first-order valence-electron chi connectivity index (χ1n) is 11.8. The SMILES string of the molecule is Cc1cccc(C(=O)N2CCC[C@]3(C(=O)N4CCOCC4)CN(c4ncccn4)C[C@@H]3C2)c1. The van der Waals surface area contributed by atoms with E-state index in [1.54, 1.807) is 18.5 Å². The van der Waals surface area contributed by atoms with E-state index < -0.39 is 5.41 Å². The zero-order chi connectivity index (χ0) is 22.8. The lowest BCUT2D eigenvalue weighted by Gasteiger charge is -2.38. The van der Waals surface area contributed by atoms with E-state index in [0.29, 0.717) is 64.0 Å². The highest BCUT2D eigenvalue weighted by Crippen LogP contribution is 2.45. The Bertz CT molecular complexity index is 1010. The predicted octanol–water partition coefficient (Wildman–Crippen LogP) is 2.00. The Morgan fingerprint density at radius 2 is 1.82 bits per heavy atom. The Hall–Kier alpha value is -3.00. The van der Waals surface area contributed by atoms with Gasteiger partial charge in [-0.15, -0.1) is 0 Å². The van der Waals surface area contributed by atoms with Gasteiger partial charge in [0, 0.05) is 63.1 Å². The van der Waals surface area contributed by atoms with E-state index in [0.717, 1.165) is 18.4 Å². The quantitative estimate of drug-likeness (QED) is 0.713. The van der Waals surface area contributed by atoms with Gasteiger partial charge in [-0.2, -0.15) is 0 Å². The van der Waals surface area contributed by atoms with Gasteiger partial charge in [0.2, 0.25) is 11.9 Å². The van der Waals surface area contributed by atoms with Gasteiger partial charge in [0.1, 0.15) is 0 Å². The molecule has 2 atom stereocenters. The van der Waals surface area contributed by atoms with Crippen LogP contribution in [-0.2, 0) is 9.53 Å². The van der Waals surface area contributed by atoms with E-state index in [2.05, 4.69) is 14.9 Å². The van der Waals surface area contributed by atoms with Crippen LogP contribution in [-0.4, -0.2) is 84.1 Å². The average Bonchev–Trinajstić information content (AvgIpc) is 3.13. The monoisotopic (exact) mass is 449 g/mol. The molecule has 0 saturated carbocycles. The van der Waals surface area contributed by atoms with Crippen molar-refractivity contribution in [1.82, 2.24) is 19.8 Å². The molecule has 5 rings (SSSR count). The molecule has 0 aliphatic carbocycles. The first kappa shape index (κ1) is 21.8. The fraction of sp³-hybridized carbons (Fsp3) is 0.520. The number of ether oxygens (including phenoxy) is 1. The Morgan fingerprint density at radius 1 is 1.03 bits per heavy atom. The third-order valence-corrected chi connectivity index (χ3v) is 7.30. The van der Waals surface area contributed by atoms with Gasteiger partial charge in [0.15, 0.2) is 0 Å². The number of carbonyl (C=O) groups is 2. The van der Waals surface area contributed by atoms with Gasteiger partial charge >= 0.3 is 0 Å². The molecule has 3 aliphatic rings. The molecule has 2 amide bonds. The first-order valence-corrected chi connectivity index (χ1v) is 11.8. The van der Waals surface area contributed by atoms with Crippen molar-refractivity contribution < 1.29 is 14.3 Å². The van der Waals surface area contributed by atoms with Gasteiger partial charge in [-0.3, -0.25) is 9.59 Å². The van der Waals surface area contributed by atoms with Crippen molar-refractivity contribution in [1.29, 1.82) is 0 Å². The van der Waals surface area contributed by atoms with E-state index in [1.165, 1.54) is 0 Å². The number of likely N-dealkylation sites (tertiary alicyclic amines) is 1. The molecule has 0 unspecified atom stereocenters. The molecule has 3 aliphatic heterocycles. The summed E-state index contributed by atoms with van der Waals surface area (Å²) in [7, 11) is 0. The van der Waals surface area contributed by atoms with E-state index in [-0.39, 0.29) is 17.7 Å². The van der Waals surface area contributed by atoms with Gasteiger partial charge in [0.05, 0.1) is 18.6 Å². The molecule has 0 spiro atoms. The van der Waals surface area contributed by atoms with E-state index >= 15 is 0 Å². The highest BCUT2D eigenvalue weighted by atomic mass is 16.5. The average molecular weight is 450 g/mol. The molecule has 2 aromatic rings. The second-order valence-corrected chi connectivity index (χ2v) is 9.41. The van der Waals surface area contributed by atoms with Crippen LogP contribution < -0.4 is 4.90 Å². The topological polar surface area (TPSA) is 78.9 Å². The minimum absolute atomic E-state index is 0.0212. The number of aromatic nitrogens is 2. The Labute approximate surface area is 194 Å². The molecule has 0 bridgehead atoms. The summed E-state index contributed by atoms with van der Waals surface area (Å²) in [5.41, 5.74) is 1.24. The fourth-order valence-corrected chi connectivity index (χ4v) is 5.62. The molecule has 0 N–H and O–H groups in total. The van der Waals surface area contributed by atoms with Gasteiger partial charge < -0.3 is 19.4 Å². The van der Waals surface area contributed by atoms with Gasteiger partial charge in [-0.05, 0) is 38.0 Å². The fourth-order valence-electron chi connectivity index (χ4n) is 5.62. The van der Waals surface area contributed by atoms with E-state index in [4.69, 9.17) is 4.74 Å². The van der Waals surface area contributed by atoms with Crippen LogP contribution in [0.4, 0.5) is 5.95 Å². The minimum Gasteiger partial charge on any atom is -0.378 e. The van der Waals surface area contributed by atoms with Gasteiger partial charge in [-0.25, -0.2) is 9.97 Å². The molecular weight excluding hydrogens is 418 g/mol. The zero-order valence-electron chi connectivity index (χ0n) is 19.2. The van der Waals surface area contributed by atoms with Crippen molar-refractivity contribution in [3.05, 3.63) is 53.9 Å². The maximum absolute atomic E-state index is 14.0. The highest BCUT2D eigenvalue weighted by molar-refractivity contribution is 5.94. The largest absolute Gasteiger partial charge is 0.378 e. The number of benzene rings is 1. The molecular formula is C25H31N5O3. The van der Waals surface area contributed by atoms with Crippen molar-refractivity contribution in [2.75, 3.05) is 57.4 Å². The predicted molar refractivity (Wildman–Crippen MR) is 124 cm³/mol. The van der Waals surface area contributed by atoms with Crippen molar-refractivity contribution in [2.24, 2.45) is 11.3 Å². The van der Waals surface area contributed by atoms with Crippen molar-refractivity contribution in [2.45, 2.75) is 19.8 Å². The minimum atomic E-state index is -0.543. The summed E-state index contributed by atoms with van der Waals surface area (Å²) in [6.45, 7) is 6.89. The molecule has 33 heavy (non-hydrogen) atoms. The maximum Gasteiger partial charge on any atom is 0.253 e. The number of hydrogen-bond acceptors (Lipinski definition) is 6. The third-order valence-electron chi connectivity index (χ3n) is 7.30. The van der Waals surface area contributed by atoms with Crippen LogP contribution in [0.25, 0.3) is 0 Å². The highest BCUT2D eigenvalue weighted by Gasteiger charge is 2.55. The normalized spacial score (nSPS) is 25.5. The molecule has 3 saturated heterocycles. The van der Waals surface area contributed by atoms with Crippen LogP contribution in [0, 0.1) is 18.3 Å². The maximum atomic E-state index is 14.0. The molecule has 4 heterocycles. The number of morpholine rings is 1. The zero-order valence-corrected chi connectivity index (χ0v) is 19.2. The summed E-state index contributed by atoms with van der Waals surface area (Å²) in [5, 5.41) is 0. The summed E-state index contributed by atoms with van der Waals surface area (Å²) < 4.78 is 5.49. The molecule has 3 fully saturated rings. The lowest BCUT2D eigenvalue weighted by molar-refractivity contribution is -0.148. The summed E-state index contributed by atoms with van der Waals surface area (Å²) in [4.78, 5) is 42.3. The van der Waals surface area contributed by atoms with Crippen LogP contribution >= 0.6 is 0 Å². The molecule has 8 heteroatoms. The summed E-state index contributed by atoms with van der Waals surface area (Å²) in [6.07, 6.45) is 5.03. The Kier molecular flexibility index (Phi) is 6.01. The Balaban J connectivity index is 1.45. The summed E-state index contributed by atoms with van der Waals surface area (Å²) in [5.74, 6) is 0.908. The number of aryl methyl sites for hydroxylation is 1. The lowest BCUT2D eigenvalue weighted by atomic mass is 9.73. The molecule has 0 radical (unpaired) electrons. The Morgan fingerprint density at radius 3 is 2.58 bits per heavy atom. The van der Waals surface area contributed by atoms with Gasteiger partial charge in [0.25, 0.3) is 5.91 Å². The number of hydrogen-bond donors (Lipinski definition) is 0.